The van der Waals surface area contributed by atoms with Crippen molar-refractivity contribution in [2.45, 2.75) is 26.9 Å². The molecule has 2 aromatic carbocycles. The Morgan fingerprint density at radius 1 is 1.24 bits per heavy atom. The molecule has 0 fully saturated rings. The molecule has 1 aliphatic rings. The van der Waals surface area contributed by atoms with Gasteiger partial charge in [-0.05, 0) is 56.7 Å². The second-order valence-electron chi connectivity index (χ2n) is 6.84. The first-order valence-corrected chi connectivity index (χ1v) is 9.48. The topological polar surface area (TPSA) is 84.9 Å². The van der Waals surface area contributed by atoms with Gasteiger partial charge in [0.15, 0.2) is 12.4 Å². The minimum absolute atomic E-state index is 0.0102. The zero-order chi connectivity index (χ0) is 21.0. The first-order chi connectivity index (χ1) is 13.9. The van der Waals surface area contributed by atoms with Crippen LogP contribution < -0.4 is 15.0 Å². The molecular formula is C22H24N2O5. The van der Waals surface area contributed by atoms with Crippen molar-refractivity contribution in [2.24, 2.45) is 0 Å². The fourth-order valence-corrected chi connectivity index (χ4v) is 3.13. The van der Waals surface area contributed by atoms with E-state index in [4.69, 9.17) is 9.47 Å². The normalized spacial score (nSPS) is 14.0. The summed E-state index contributed by atoms with van der Waals surface area (Å²) in [7, 11) is 0. The Kier molecular flexibility index (Phi) is 6.29. The molecule has 1 unspecified atom stereocenters. The number of carbonyl (C=O) groups is 3. The predicted molar refractivity (Wildman–Crippen MR) is 110 cm³/mol. The number of aryl methyl sites for hydroxylation is 1. The number of amides is 2. The molecule has 1 aliphatic heterocycles. The molecule has 1 N–H and O–H groups in total. The molecule has 3 rings (SSSR count). The van der Waals surface area contributed by atoms with E-state index in [1.165, 1.54) is 0 Å². The zero-order valence-electron chi connectivity index (χ0n) is 16.7. The van der Waals surface area contributed by atoms with Gasteiger partial charge in [0.25, 0.3) is 5.91 Å². The summed E-state index contributed by atoms with van der Waals surface area (Å²) in [6, 6.07) is 12.4. The molecule has 0 spiro atoms. The van der Waals surface area contributed by atoms with Gasteiger partial charge < -0.3 is 19.7 Å². The van der Waals surface area contributed by atoms with Crippen molar-refractivity contribution >= 4 is 29.0 Å². The summed E-state index contributed by atoms with van der Waals surface area (Å²) < 4.78 is 10.9. The molecule has 7 nitrogen and oxygen atoms in total. The van der Waals surface area contributed by atoms with Crippen molar-refractivity contribution in [3.63, 3.8) is 0 Å². The van der Waals surface area contributed by atoms with E-state index >= 15 is 0 Å². The average Bonchev–Trinajstić information content (AvgIpc) is 2.71. The summed E-state index contributed by atoms with van der Waals surface area (Å²) in [6.45, 7) is 5.63. The van der Waals surface area contributed by atoms with Crippen LogP contribution in [-0.2, 0) is 14.3 Å². The number of likely N-dealkylation sites (N-methyl/N-ethyl adjacent to an activating group) is 1. The molecule has 0 aliphatic carbocycles. The quantitative estimate of drug-likeness (QED) is 0.728. The molecule has 2 amide bonds. The highest BCUT2D eigenvalue weighted by molar-refractivity contribution is 6.03. The van der Waals surface area contributed by atoms with E-state index in [0.29, 0.717) is 29.2 Å². The lowest BCUT2D eigenvalue weighted by molar-refractivity contribution is -0.122. The molecule has 0 saturated heterocycles. The fraction of sp³-hybridized carbons (Fsp3) is 0.318. The Morgan fingerprint density at radius 2 is 2.03 bits per heavy atom. The number of ketones is 1. The Hall–Kier alpha value is -3.19. The molecule has 0 aromatic heterocycles. The number of ether oxygens (including phenoxy) is 2. The number of carbonyl (C=O) groups excluding carboxylic acids is 3. The third-order valence-corrected chi connectivity index (χ3v) is 4.64. The minimum atomic E-state index is -0.813. The molecule has 1 heterocycles. The van der Waals surface area contributed by atoms with Gasteiger partial charge in [-0.2, -0.15) is 0 Å². The number of Topliss-reactive ketones (excluding diaryl/α,β-unsaturated/α-hetero) is 1. The number of anilines is 2. The maximum absolute atomic E-state index is 12.7. The fourth-order valence-electron chi connectivity index (χ4n) is 3.13. The molecule has 7 heteroatoms. The second-order valence-corrected chi connectivity index (χ2v) is 6.84. The summed E-state index contributed by atoms with van der Waals surface area (Å²) >= 11 is 0. The molecule has 0 saturated carbocycles. The first-order valence-electron chi connectivity index (χ1n) is 9.48. The average molecular weight is 396 g/mol. The van der Waals surface area contributed by atoms with Gasteiger partial charge in [0, 0.05) is 17.8 Å². The third kappa shape index (κ3) is 4.81. The highest BCUT2D eigenvalue weighted by Gasteiger charge is 2.26. The number of fused-ring (bicyclic) bond motifs is 1. The van der Waals surface area contributed by atoms with Gasteiger partial charge in [-0.1, -0.05) is 12.1 Å². The lowest BCUT2D eigenvalue weighted by Crippen LogP contribution is -2.38. The summed E-state index contributed by atoms with van der Waals surface area (Å²) in [4.78, 5) is 38.4. The van der Waals surface area contributed by atoms with Crippen LogP contribution in [-0.4, -0.2) is 43.5 Å². The Bertz CT molecular complexity index is 941. The Labute approximate surface area is 169 Å². The van der Waals surface area contributed by atoms with Crippen LogP contribution in [0.2, 0.25) is 0 Å². The highest BCUT2D eigenvalue weighted by atomic mass is 16.5. The Balaban J connectivity index is 1.62. The number of benzene rings is 2. The number of rotatable bonds is 7. The summed E-state index contributed by atoms with van der Waals surface area (Å²) in [5.74, 6) is -0.196. The van der Waals surface area contributed by atoms with E-state index in [-0.39, 0.29) is 30.8 Å². The smallest absolute Gasteiger partial charge is 0.265 e. The van der Waals surface area contributed by atoms with Gasteiger partial charge >= 0.3 is 0 Å². The monoisotopic (exact) mass is 396 g/mol. The first kappa shape index (κ1) is 20.5. The Morgan fingerprint density at radius 3 is 2.76 bits per heavy atom. The van der Waals surface area contributed by atoms with Gasteiger partial charge in [-0.15, -0.1) is 0 Å². The molecular weight excluding hydrogens is 372 g/mol. The largest absolute Gasteiger partial charge is 0.482 e. The van der Waals surface area contributed by atoms with E-state index in [0.717, 1.165) is 5.56 Å². The van der Waals surface area contributed by atoms with Gasteiger partial charge in [-0.3, -0.25) is 14.4 Å². The number of hydrogen-bond donors (Lipinski definition) is 1. The van der Waals surface area contributed by atoms with E-state index in [1.54, 1.807) is 36.1 Å². The van der Waals surface area contributed by atoms with Crippen molar-refractivity contribution in [3.8, 4) is 5.75 Å². The highest BCUT2D eigenvalue weighted by Crippen LogP contribution is 2.33. The van der Waals surface area contributed by atoms with Crippen LogP contribution in [0.4, 0.5) is 11.4 Å². The molecule has 2 aromatic rings. The van der Waals surface area contributed by atoms with Crippen molar-refractivity contribution in [3.05, 3.63) is 53.6 Å². The minimum Gasteiger partial charge on any atom is -0.482 e. The summed E-state index contributed by atoms with van der Waals surface area (Å²) in [6.07, 6.45) is -0.813. The standard InChI is InChI=1S/C22H24N2O5/c1-4-24-18-11-16(8-9-19(18)29-13-21(24)26)22(27)15(3)28-12-20(25)23-17-7-5-6-14(2)10-17/h5-11,15H,4,12-13H2,1-3H3,(H,23,25). The van der Waals surface area contributed by atoms with Gasteiger partial charge in [-0.25, -0.2) is 0 Å². The summed E-state index contributed by atoms with van der Waals surface area (Å²) in [5.41, 5.74) is 2.67. The van der Waals surface area contributed by atoms with Gasteiger partial charge in [0.2, 0.25) is 5.91 Å². The van der Waals surface area contributed by atoms with Crippen LogP contribution in [0, 0.1) is 6.92 Å². The predicted octanol–water partition coefficient (Wildman–Crippen LogP) is 2.97. The SMILES string of the molecule is CCN1C(=O)COc2ccc(C(=O)C(C)OCC(=O)Nc3cccc(C)c3)cc21. The van der Waals surface area contributed by atoms with E-state index in [1.807, 2.05) is 32.0 Å². The molecule has 29 heavy (non-hydrogen) atoms. The number of nitrogens with zero attached hydrogens (tertiary/aromatic N) is 1. The van der Waals surface area contributed by atoms with Crippen LogP contribution in [0.25, 0.3) is 0 Å². The summed E-state index contributed by atoms with van der Waals surface area (Å²) in [5, 5.41) is 2.74. The third-order valence-electron chi connectivity index (χ3n) is 4.64. The van der Waals surface area contributed by atoms with Gasteiger partial charge in [0.05, 0.1) is 5.69 Å². The van der Waals surface area contributed by atoms with Crippen molar-refractivity contribution < 1.29 is 23.9 Å². The molecule has 1 atom stereocenters. The van der Waals surface area contributed by atoms with E-state index < -0.39 is 6.10 Å². The van der Waals surface area contributed by atoms with E-state index in [9.17, 15) is 14.4 Å². The van der Waals surface area contributed by atoms with Crippen molar-refractivity contribution in [2.75, 3.05) is 30.0 Å². The van der Waals surface area contributed by atoms with Crippen LogP contribution in [0.3, 0.4) is 0 Å². The molecule has 152 valence electrons. The number of nitrogens with one attached hydrogen (secondary N) is 1. The molecule has 0 radical (unpaired) electrons. The van der Waals surface area contributed by atoms with Gasteiger partial charge in [0.1, 0.15) is 18.5 Å². The zero-order valence-corrected chi connectivity index (χ0v) is 16.7. The molecule has 0 bridgehead atoms. The lowest BCUT2D eigenvalue weighted by Gasteiger charge is -2.28. The van der Waals surface area contributed by atoms with Crippen LogP contribution in [0.5, 0.6) is 5.75 Å². The van der Waals surface area contributed by atoms with Crippen molar-refractivity contribution in [1.82, 2.24) is 0 Å². The number of hydrogen-bond acceptors (Lipinski definition) is 5. The second kappa shape index (κ2) is 8.87. The van der Waals surface area contributed by atoms with Crippen LogP contribution in [0.15, 0.2) is 42.5 Å². The van der Waals surface area contributed by atoms with Crippen LogP contribution in [0.1, 0.15) is 29.8 Å². The van der Waals surface area contributed by atoms with Crippen LogP contribution >= 0.6 is 0 Å². The van der Waals surface area contributed by atoms with E-state index in [2.05, 4.69) is 5.32 Å². The maximum Gasteiger partial charge on any atom is 0.265 e. The lowest BCUT2D eigenvalue weighted by atomic mass is 10.0. The maximum atomic E-state index is 12.7. The van der Waals surface area contributed by atoms with Crippen molar-refractivity contribution in [1.29, 1.82) is 0 Å².